The molecule has 0 amide bonds. The Balaban J connectivity index is 1.86. The topological polar surface area (TPSA) is 27.0 Å². The van der Waals surface area contributed by atoms with Crippen LogP contribution in [-0.2, 0) is 6.42 Å². The van der Waals surface area contributed by atoms with Crippen LogP contribution in [0, 0.1) is 11.3 Å². The summed E-state index contributed by atoms with van der Waals surface area (Å²) in [6, 6.07) is 10.2. The minimum Gasteiger partial charge on any atom is -0.303 e. The van der Waals surface area contributed by atoms with Crippen molar-refractivity contribution in [3.8, 4) is 6.07 Å². The molecule has 0 N–H and O–H groups in total. The molecule has 1 aliphatic rings. The van der Waals surface area contributed by atoms with E-state index in [9.17, 15) is 0 Å². The second-order valence-corrected chi connectivity index (χ2v) is 4.46. The summed E-state index contributed by atoms with van der Waals surface area (Å²) < 4.78 is 0. The van der Waals surface area contributed by atoms with Crippen LogP contribution in [0.15, 0.2) is 24.3 Å². The third-order valence-electron chi connectivity index (χ3n) is 3.22. The Bertz CT molecular complexity index is 373. The molecule has 1 fully saturated rings. The van der Waals surface area contributed by atoms with Crippen LogP contribution in [-0.4, -0.2) is 24.5 Å². The van der Waals surface area contributed by atoms with E-state index in [0.717, 1.165) is 18.5 Å². The largest absolute Gasteiger partial charge is 0.303 e. The molecule has 0 saturated carbocycles. The van der Waals surface area contributed by atoms with Crippen molar-refractivity contribution in [2.75, 3.05) is 19.6 Å². The molecule has 1 aliphatic heterocycles. The molecule has 16 heavy (non-hydrogen) atoms. The molecule has 1 aromatic rings. The van der Waals surface area contributed by atoms with Crippen molar-refractivity contribution in [2.24, 2.45) is 0 Å². The Morgan fingerprint density at radius 1 is 1.19 bits per heavy atom. The van der Waals surface area contributed by atoms with Crippen molar-refractivity contribution >= 4 is 0 Å². The van der Waals surface area contributed by atoms with Gasteiger partial charge in [0, 0.05) is 6.54 Å². The fourth-order valence-corrected chi connectivity index (χ4v) is 2.27. The molecular formula is C14H18N2. The van der Waals surface area contributed by atoms with Crippen LogP contribution in [0.25, 0.3) is 0 Å². The van der Waals surface area contributed by atoms with Gasteiger partial charge in [-0.2, -0.15) is 5.26 Å². The van der Waals surface area contributed by atoms with Crippen LogP contribution in [0.5, 0.6) is 0 Å². The van der Waals surface area contributed by atoms with Gasteiger partial charge in [0.2, 0.25) is 0 Å². The number of nitrogens with zero attached hydrogens (tertiary/aromatic N) is 2. The van der Waals surface area contributed by atoms with Crippen molar-refractivity contribution in [3.05, 3.63) is 35.4 Å². The van der Waals surface area contributed by atoms with Crippen molar-refractivity contribution < 1.29 is 0 Å². The Morgan fingerprint density at radius 3 is 2.75 bits per heavy atom. The molecule has 1 heterocycles. The van der Waals surface area contributed by atoms with E-state index in [2.05, 4.69) is 17.0 Å². The predicted molar refractivity (Wildman–Crippen MR) is 65.2 cm³/mol. The number of likely N-dealkylation sites (tertiary alicyclic amines) is 1. The maximum absolute atomic E-state index is 8.82. The van der Waals surface area contributed by atoms with Gasteiger partial charge in [0.15, 0.2) is 0 Å². The molecule has 2 nitrogen and oxygen atoms in total. The number of hydrogen-bond donors (Lipinski definition) is 0. The molecule has 0 aliphatic carbocycles. The lowest BCUT2D eigenvalue weighted by Crippen LogP contribution is -2.31. The Morgan fingerprint density at radius 2 is 2.00 bits per heavy atom. The monoisotopic (exact) mass is 214 g/mol. The van der Waals surface area contributed by atoms with Crippen molar-refractivity contribution in [3.63, 3.8) is 0 Å². The van der Waals surface area contributed by atoms with E-state index in [4.69, 9.17) is 5.26 Å². The summed E-state index contributed by atoms with van der Waals surface area (Å²) in [4.78, 5) is 2.53. The minimum atomic E-state index is 0.774. The number of nitriles is 1. The molecule has 0 radical (unpaired) electrons. The smallest absolute Gasteiger partial charge is 0.0991 e. The number of benzene rings is 1. The molecular weight excluding hydrogens is 196 g/mol. The van der Waals surface area contributed by atoms with Crippen LogP contribution in [0.2, 0.25) is 0 Å². The molecule has 0 unspecified atom stereocenters. The normalized spacial score (nSPS) is 16.9. The summed E-state index contributed by atoms with van der Waals surface area (Å²) in [6.45, 7) is 3.63. The Hall–Kier alpha value is -1.33. The summed E-state index contributed by atoms with van der Waals surface area (Å²) in [5.41, 5.74) is 2.06. The molecule has 2 heteroatoms. The van der Waals surface area contributed by atoms with E-state index in [1.54, 1.807) is 0 Å². The highest BCUT2D eigenvalue weighted by Crippen LogP contribution is 2.10. The zero-order valence-electron chi connectivity index (χ0n) is 9.65. The van der Waals surface area contributed by atoms with E-state index in [-0.39, 0.29) is 0 Å². The van der Waals surface area contributed by atoms with Crippen LogP contribution in [0.4, 0.5) is 0 Å². The fourth-order valence-electron chi connectivity index (χ4n) is 2.27. The lowest BCUT2D eigenvalue weighted by molar-refractivity contribution is 0.231. The van der Waals surface area contributed by atoms with Gasteiger partial charge in [-0.05, 0) is 50.0 Å². The second-order valence-electron chi connectivity index (χ2n) is 4.46. The van der Waals surface area contributed by atoms with Crippen molar-refractivity contribution in [1.29, 1.82) is 5.26 Å². The third kappa shape index (κ3) is 3.08. The van der Waals surface area contributed by atoms with Gasteiger partial charge in [0.05, 0.1) is 11.6 Å². The Kier molecular flexibility index (Phi) is 3.96. The van der Waals surface area contributed by atoms with Gasteiger partial charge in [0.25, 0.3) is 0 Å². The fraction of sp³-hybridized carbons (Fsp3) is 0.500. The van der Waals surface area contributed by atoms with E-state index < -0.39 is 0 Å². The average Bonchev–Trinajstić information content (AvgIpc) is 2.38. The van der Waals surface area contributed by atoms with Gasteiger partial charge >= 0.3 is 0 Å². The first kappa shape index (κ1) is 11.2. The van der Waals surface area contributed by atoms with Gasteiger partial charge in [-0.3, -0.25) is 0 Å². The summed E-state index contributed by atoms with van der Waals surface area (Å²) in [6.07, 6.45) is 5.15. The number of rotatable bonds is 3. The second kappa shape index (κ2) is 5.67. The van der Waals surface area contributed by atoms with Gasteiger partial charge in [-0.25, -0.2) is 0 Å². The SMILES string of the molecule is N#Cc1cccc(CCN2CCCCC2)c1. The highest BCUT2D eigenvalue weighted by molar-refractivity contribution is 5.32. The Labute approximate surface area is 97.5 Å². The van der Waals surface area contributed by atoms with Gasteiger partial charge < -0.3 is 4.90 Å². The molecule has 0 atom stereocenters. The van der Waals surface area contributed by atoms with Crippen molar-refractivity contribution in [1.82, 2.24) is 4.90 Å². The van der Waals surface area contributed by atoms with Crippen LogP contribution in [0.1, 0.15) is 30.4 Å². The van der Waals surface area contributed by atoms with Crippen LogP contribution >= 0.6 is 0 Å². The molecule has 84 valence electrons. The molecule has 1 aromatic carbocycles. The molecule has 2 rings (SSSR count). The third-order valence-corrected chi connectivity index (χ3v) is 3.22. The van der Waals surface area contributed by atoms with Gasteiger partial charge in [-0.1, -0.05) is 18.6 Å². The first-order valence-corrected chi connectivity index (χ1v) is 6.10. The first-order valence-electron chi connectivity index (χ1n) is 6.10. The van der Waals surface area contributed by atoms with Crippen molar-refractivity contribution in [2.45, 2.75) is 25.7 Å². The summed E-state index contributed by atoms with van der Waals surface area (Å²) in [7, 11) is 0. The molecule has 0 aromatic heterocycles. The van der Waals surface area contributed by atoms with E-state index in [0.29, 0.717) is 0 Å². The van der Waals surface area contributed by atoms with E-state index >= 15 is 0 Å². The number of piperidine rings is 1. The van der Waals surface area contributed by atoms with E-state index in [1.165, 1.54) is 37.9 Å². The average molecular weight is 214 g/mol. The lowest BCUT2D eigenvalue weighted by atomic mass is 10.1. The molecule has 1 saturated heterocycles. The standard InChI is InChI=1S/C14H18N2/c15-12-14-6-4-5-13(11-14)7-10-16-8-2-1-3-9-16/h4-6,11H,1-3,7-10H2. The molecule has 0 spiro atoms. The predicted octanol–water partition coefficient (Wildman–Crippen LogP) is 2.59. The molecule has 0 bridgehead atoms. The minimum absolute atomic E-state index is 0.774. The number of hydrogen-bond acceptors (Lipinski definition) is 2. The van der Waals surface area contributed by atoms with E-state index in [1.807, 2.05) is 18.2 Å². The highest BCUT2D eigenvalue weighted by atomic mass is 15.1. The summed E-state index contributed by atoms with van der Waals surface area (Å²) in [5, 5.41) is 8.82. The highest BCUT2D eigenvalue weighted by Gasteiger charge is 2.09. The van der Waals surface area contributed by atoms with Gasteiger partial charge in [-0.15, -0.1) is 0 Å². The zero-order chi connectivity index (χ0) is 11.2. The summed E-state index contributed by atoms with van der Waals surface area (Å²) in [5.74, 6) is 0. The maximum Gasteiger partial charge on any atom is 0.0991 e. The van der Waals surface area contributed by atoms with Crippen LogP contribution < -0.4 is 0 Å². The van der Waals surface area contributed by atoms with Crippen LogP contribution in [0.3, 0.4) is 0 Å². The quantitative estimate of drug-likeness (QED) is 0.773. The lowest BCUT2D eigenvalue weighted by Gasteiger charge is -2.26. The summed E-state index contributed by atoms with van der Waals surface area (Å²) >= 11 is 0. The maximum atomic E-state index is 8.82. The first-order chi connectivity index (χ1) is 7.88. The van der Waals surface area contributed by atoms with Gasteiger partial charge in [0.1, 0.15) is 0 Å². The zero-order valence-corrected chi connectivity index (χ0v) is 9.65.